The van der Waals surface area contributed by atoms with Gasteiger partial charge in [0.2, 0.25) is 0 Å². The van der Waals surface area contributed by atoms with Crippen molar-refractivity contribution in [2.75, 3.05) is 34.0 Å². The van der Waals surface area contributed by atoms with Crippen molar-refractivity contribution in [3.8, 4) is 0 Å². The van der Waals surface area contributed by atoms with E-state index in [0.717, 1.165) is 0 Å². The first-order chi connectivity index (χ1) is 13.5. The summed E-state index contributed by atoms with van der Waals surface area (Å²) in [7, 11) is 3.21. The minimum atomic E-state index is -0.567. The Bertz CT molecular complexity index is 506. The highest BCUT2D eigenvalue weighted by Crippen LogP contribution is 2.31. The van der Waals surface area contributed by atoms with E-state index >= 15 is 0 Å². The Morgan fingerprint density at radius 1 is 0.700 bits per heavy atom. The highest BCUT2D eigenvalue weighted by molar-refractivity contribution is 5.77. The molecule has 0 aromatic heterocycles. The van der Waals surface area contributed by atoms with E-state index in [1.165, 1.54) is 0 Å². The first-order valence-corrected chi connectivity index (χ1v) is 10.9. The lowest BCUT2D eigenvalue weighted by Crippen LogP contribution is -2.42. The maximum atomic E-state index is 12.0. The van der Waals surface area contributed by atoms with Crippen LogP contribution in [0.3, 0.4) is 0 Å². The van der Waals surface area contributed by atoms with Gasteiger partial charge in [-0.25, -0.2) is 0 Å². The van der Waals surface area contributed by atoms with Crippen LogP contribution in [0, 0.1) is 28.6 Å². The van der Waals surface area contributed by atoms with Crippen molar-refractivity contribution in [1.82, 2.24) is 0 Å². The quantitative estimate of drug-likeness (QED) is 0.446. The highest BCUT2D eigenvalue weighted by Gasteiger charge is 2.40. The maximum absolute atomic E-state index is 12.0. The second-order valence-electron chi connectivity index (χ2n) is 10.5. The molecule has 2 atom stereocenters. The zero-order chi connectivity index (χ0) is 24.3. The molecule has 0 amide bonds. The van der Waals surface area contributed by atoms with Crippen LogP contribution in [0.1, 0.15) is 76.2 Å². The van der Waals surface area contributed by atoms with Crippen molar-refractivity contribution in [1.29, 1.82) is 0 Å². The van der Waals surface area contributed by atoms with Gasteiger partial charge in [0.1, 0.15) is 5.60 Å². The monoisotopic (exact) mass is 432 g/mol. The molecular weight excluding hydrogens is 384 g/mol. The number of methoxy groups -OCH3 is 2. The van der Waals surface area contributed by atoms with Gasteiger partial charge in [-0.3, -0.25) is 9.59 Å². The molecule has 0 radical (unpaired) electrons. The van der Waals surface area contributed by atoms with Gasteiger partial charge in [0, 0.05) is 14.2 Å². The number of esters is 2. The fourth-order valence-electron chi connectivity index (χ4n) is 2.32. The summed E-state index contributed by atoms with van der Waals surface area (Å²) in [6.07, 6.45) is 0. The van der Waals surface area contributed by atoms with E-state index in [9.17, 15) is 9.59 Å². The van der Waals surface area contributed by atoms with Crippen molar-refractivity contribution in [2.45, 2.75) is 81.8 Å². The summed E-state index contributed by atoms with van der Waals surface area (Å²) >= 11 is 0. The smallest absolute Gasteiger partial charge is 0.314 e. The van der Waals surface area contributed by atoms with Crippen LogP contribution in [0.2, 0.25) is 0 Å². The Morgan fingerprint density at radius 2 is 1.07 bits per heavy atom. The predicted molar refractivity (Wildman–Crippen MR) is 121 cm³/mol. The van der Waals surface area contributed by atoms with E-state index in [4.69, 9.17) is 18.9 Å². The molecular formula is C24H48O6. The third kappa shape index (κ3) is 10.8. The first kappa shape index (κ1) is 31.0. The van der Waals surface area contributed by atoms with Gasteiger partial charge >= 0.3 is 11.9 Å². The van der Waals surface area contributed by atoms with Crippen LogP contribution in [0.4, 0.5) is 0 Å². The second-order valence-corrected chi connectivity index (χ2v) is 10.5. The number of hydrogen-bond donors (Lipinski definition) is 0. The van der Waals surface area contributed by atoms with Crippen molar-refractivity contribution in [3.05, 3.63) is 0 Å². The van der Waals surface area contributed by atoms with Crippen LogP contribution in [0.5, 0.6) is 0 Å². The number of ether oxygens (including phenoxy) is 4. The molecule has 0 heterocycles. The van der Waals surface area contributed by atoms with Crippen molar-refractivity contribution >= 4 is 11.9 Å². The average molecular weight is 433 g/mol. The molecule has 0 aromatic rings. The molecule has 0 bridgehead atoms. The van der Waals surface area contributed by atoms with E-state index in [0.29, 0.717) is 25.7 Å². The lowest BCUT2D eigenvalue weighted by molar-refractivity contribution is -0.173. The SMILES string of the molecule is COCC(C)(C(=O)OC(C)(C)C)C(C)C.COCC(C)(C(=O)OCC(C)C)C(C)C. The summed E-state index contributed by atoms with van der Waals surface area (Å²) in [6, 6.07) is 0. The largest absolute Gasteiger partial charge is 0.465 e. The minimum absolute atomic E-state index is 0.159. The molecule has 0 aliphatic heterocycles. The van der Waals surface area contributed by atoms with Gasteiger partial charge in [0.05, 0.1) is 30.7 Å². The van der Waals surface area contributed by atoms with Gasteiger partial charge < -0.3 is 18.9 Å². The van der Waals surface area contributed by atoms with E-state index in [1.807, 2.05) is 76.2 Å². The molecule has 0 fully saturated rings. The molecule has 0 aliphatic carbocycles. The standard InChI is InChI=1S/2C12H24O3/c1-9(2)12(6,8-14-7)10(13)15-11(3,4)5;1-9(2)7-15-11(13)12(5,8-14-6)10(3)4/h9H,8H2,1-7H3;9-10H,7-8H2,1-6H3. The first-order valence-electron chi connectivity index (χ1n) is 10.9. The zero-order valence-corrected chi connectivity index (χ0v) is 21.8. The Balaban J connectivity index is 0. The van der Waals surface area contributed by atoms with E-state index in [1.54, 1.807) is 14.2 Å². The fraction of sp³-hybridized carbons (Fsp3) is 0.917. The summed E-state index contributed by atoms with van der Waals surface area (Å²) < 4.78 is 20.9. The number of hydrogen-bond acceptors (Lipinski definition) is 6. The van der Waals surface area contributed by atoms with Crippen LogP contribution in [0.15, 0.2) is 0 Å². The molecule has 0 saturated carbocycles. The highest BCUT2D eigenvalue weighted by atomic mass is 16.6. The van der Waals surface area contributed by atoms with Gasteiger partial charge in [-0.1, -0.05) is 41.5 Å². The summed E-state index contributed by atoms with van der Waals surface area (Å²) in [5, 5.41) is 0. The molecule has 180 valence electrons. The van der Waals surface area contributed by atoms with Gasteiger partial charge in [-0.05, 0) is 52.4 Å². The number of carbonyl (C=O) groups excluding carboxylic acids is 2. The summed E-state index contributed by atoms with van der Waals surface area (Å²) in [5.74, 6) is 0.414. The lowest BCUT2D eigenvalue weighted by atomic mass is 9.80. The Kier molecular flexibility index (Phi) is 13.8. The van der Waals surface area contributed by atoms with Gasteiger partial charge in [0.25, 0.3) is 0 Å². The third-order valence-electron chi connectivity index (χ3n) is 5.32. The molecule has 0 aromatic carbocycles. The van der Waals surface area contributed by atoms with E-state index in [2.05, 4.69) is 0 Å². The number of carbonyl (C=O) groups is 2. The summed E-state index contributed by atoms with van der Waals surface area (Å²) in [4.78, 5) is 23.9. The van der Waals surface area contributed by atoms with Gasteiger partial charge in [-0.2, -0.15) is 0 Å². The fourth-order valence-corrected chi connectivity index (χ4v) is 2.32. The molecule has 0 aliphatic rings. The summed E-state index contributed by atoms with van der Waals surface area (Å²) in [5.41, 5.74) is -1.55. The molecule has 0 spiro atoms. The van der Waals surface area contributed by atoms with Gasteiger partial charge in [-0.15, -0.1) is 0 Å². The summed E-state index contributed by atoms with van der Waals surface area (Å²) in [6.45, 7) is 22.7. The van der Waals surface area contributed by atoms with Crippen LogP contribution in [0.25, 0.3) is 0 Å². The minimum Gasteiger partial charge on any atom is -0.465 e. The second kappa shape index (κ2) is 13.3. The Hall–Kier alpha value is -1.14. The van der Waals surface area contributed by atoms with Crippen molar-refractivity contribution in [3.63, 3.8) is 0 Å². The normalized spacial score (nSPS) is 15.9. The molecule has 0 rings (SSSR count). The Labute approximate surface area is 185 Å². The van der Waals surface area contributed by atoms with E-state index < -0.39 is 16.4 Å². The molecule has 6 heteroatoms. The van der Waals surface area contributed by atoms with Crippen LogP contribution >= 0.6 is 0 Å². The van der Waals surface area contributed by atoms with E-state index in [-0.39, 0.29) is 23.8 Å². The Morgan fingerprint density at radius 3 is 1.33 bits per heavy atom. The average Bonchev–Trinajstić information content (AvgIpc) is 2.58. The molecule has 0 saturated heterocycles. The molecule has 6 nitrogen and oxygen atoms in total. The number of rotatable bonds is 10. The van der Waals surface area contributed by atoms with Gasteiger partial charge in [0.15, 0.2) is 0 Å². The van der Waals surface area contributed by atoms with Crippen molar-refractivity contribution < 1.29 is 28.5 Å². The topological polar surface area (TPSA) is 71.1 Å². The van der Waals surface area contributed by atoms with Crippen molar-refractivity contribution in [2.24, 2.45) is 28.6 Å². The zero-order valence-electron chi connectivity index (χ0n) is 21.8. The lowest BCUT2D eigenvalue weighted by Gasteiger charge is -2.33. The van der Waals surface area contributed by atoms with Crippen LogP contribution in [-0.2, 0) is 28.5 Å². The van der Waals surface area contributed by atoms with Crippen LogP contribution in [-0.4, -0.2) is 51.6 Å². The molecule has 0 N–H and O–H groups in total. The van der Waals surface area contributed by atoms with Crippen LogP contribution < -0.4 is 0 Å². The third-order valence-corrected chi connectivity index (χ3v) is 5.32. The molecule has 30 heavy (non-hydrogen) atoms. The predicted octanol–water partition coefficient (Wildman–Crippen LogP) is 5.13. The maximum Gasteiger partial charge on any atom is 0.314 e. The molecule has 2 unspecified atom stereocenters.